The molecular formula is C18H24FNO5. The van der Waals surface area contributed by atoms with Crippen molar-refractivity contribution in [2.45, 2.75) is 44.9 Å². The molecule has 1 aromatic rings. The van der Waals surface area contributed by atoms with Crippen LogP contribution in [0.5, 0.6) is 5.75 Å². The van der Waals surface area contributed by atoms with Gasteiger partial charge < -0.3 is 14.2 Å². The molecule has 0 radical (unpaired) electrons. The Morgan fingerprint density at radius 2 is 1.88 bits per heavy atom. The Hall–Kier alpha value is -2.15. The van der Waals surface area contributed by atoms with Crippen molar-refractivity contribution in [1.29, 1.82) is 0 Å². The van der Waals surface area contributed by atoms with E-state index >= 15 is 0 Å². The van der Waals surface area contributed by atoms with Crippen LogP contribution in [0.4, 0.5) is 4.39 Å². The van der Waals surface area contributed by atoms with Gasteiger partial charge in [0.05, 0.1) is 20.1 Å². The molecule has 0 spiro atoms. The summed E-state index contributed by atoms with van der Waals surface area (Å²) in [6.07, 6.45) is 0.170. The van der Waals surface area contributed by atoms with Crippen molar-refractivity contribution >= 4 is 11.9 Å². The molecule has 1 heterocycles. The summed E-state index contributed by atoms with van der Waals surface area (Å²) in [6, 6.07) is 2.86. The molecule has 1 aliphatic heterocycles. The van der Waals surface area contributed by atoms with E-state index < -0.39 is 41.4 Å². The lowest BCUT2D eigenvalue weighted by Crippen LogP contribution is -2.34. The fraction of sp³-hybridized carbons (Fsp3) is 0.556. The first-order valence-electron chi connectivity index (χ1n) is 8.06. The standard InChI is InChI=1S/C18H24FNO5/c1-18(2,3)25-16(21)12-9-14(17(22)24-5)20-15(12)11-8-10(23-4)6-7-13(11)19/h6-8,12,14-15,20H,9H2,1-5H3/t12-,14-,15-/m0/s1. The number of hydrogen-bond acceptors (Lipinski definition) is 6. The SMILES string of the molecule is COC(=O)[C@@H]1C[C@H](C(=O)OC(C)(C)C)[C@H](c2cc(OC)ccc2F)N1. The third-order valence-electron chi connectivity index (χ3n) is 4.01. The van der Waals surface area contributed by atoms with Crippen LogP contribution in [0.2, 0.25) is 0 Å². The number of carbonyl (C=O) groups excluding carboxylic acids is 2. The quantitative estimate of drug-likeness (QED) is 0.838. The predicted octanol–water partition coefficient (Wildman–Crippen LogP) is 2.37. The Morgan fingerprint density at radius 1 is 1.20 bits per heavy atom. The lowest BCUT2D eigenvalue weighted by molar-refractivity contribution is -0.160. The van der Waals surface area contributed by atoms with E-state index in [-0.39, 0.29) is 12.0 Å². The summed E-state index contributed by atoms with van der Waals surface area (Å²) in [4.78, 5) is 24.5. The Balaban J connectivity index is 2.37. The van der Waals surface area contributed by atoms with Gasteiger partial charge in [-0.15, -0.1) is 0 Å². The van der Waals surface area contributed by atoms with Crippen LogP contribution in [-0.4, -0.2) is 37.8 Å². The highest BCUT2D eigenvalue weighted by Crippen LogP contribution is 2.37. The van der Waals surface area contributed by atoms with Crippen molar-refractivity contribution in [2.24, 2.45) is 5.92 Å². The molecular weight excluding hydrogens is 329 g/mol. The zero-order valence-corrected chi connectivity index (χ0v) is 15.1. The first-order valence-corrected chi connectivity index (χ1v) is 8.06. The van der Waals surface area contributed by atoms with E-state index in [1.54, 1.807) is 20.8 Å². The molecule has 0 aromatic heterocycles. The van der Waals surface area contributed by atoms with Gasteiger partial charge in [-0.25, -0.2) is 4.39 Å². The molecule has 1 N–H and O–H groups in total. The van der Waals surface area contributed by atoms with Crippen LogP contribution < -0.4 is 10.1 Å². The molecule has 0 saturated carbocycles. The number of hydrogen-bond donors (Lipinski definition) is 1. The summed E-state index contributed by atoms with van der Waals surface area (Å²) in [5.74, 6) is -1.73. The molecule has 3 atom stereocenters. The molecule has 1 saturated heterocycles. The minimum absolute atomic E-state index is 0.170. The van der Waals surface area contributed by atoms with Gasteiger partial charge in [0.1, 0.15) is 23.2 Å². The van der Waals surface area contributed by atoms with Crippen molar-refractivity contribution in [3.63, 3.8) is 0 Å². The minimum atomic E-state index is -0.718. The van der Waals surface area contributed by atoms with Gasteiger partial charge in [-0.3, -0.25) is 14.9 Å². The molecule has 1 aromatic carbocycles. The second-order valence-corrected chi connectivity index (χ2v) is 6.98. The van der Waals surface area contributed by atoms with E-state index in [1.165, 1.54) is 32.4 Å². The maximum Gasteiger partial charge on any atom is 0.322 e. The zero-order chi connectivity index (χ0) is 18.8. The molecule has 6 nitrogen and oxygen atoms in total. The topological polar surface area (TPSA) is 73.9 Å². The number of ether oxygens (including phenoxy) is 3. The van der Waals surface area contributed by atoms with Crippen LogP contribution in [0, 0.1) is 11.7 Å². The number of nitrogens with one attached hydrogen (secondary N) is 1. The number of carbonyl (C=O) groups is 2. The maximum atomic E-state index is 14.4. The number of benzene rings is 1. The second kappa shape index (κ2) is 7.39. The highest BCUT2D eigenvalue weighted by atomic mass is 19.1. The Bertz CT molecular complexity index is 655. The van der Waals surface area contributed by atoms with Crippen LogP contribution in [0.15, 0.2) is 18.2 Å². The molecule has 7 heteroatoms. The Labute approximate surface area is 146 Å². The smallest absolute Gasteiger partial charge is 0.322 e. The van der Waals surface area contributed by atoms with E-state index in [9.17, 15) is 14.0 Å². The molecule has 138 valence electrons. The third kappa shape index (κ3) is 4.48. The van der Waals surface area contributed by atoms with E-state index in [2.05, 4.69) is 5.32 Å². The van der Waals surface area contributed by atoms with Crippen molar-refractivity contribution in [1.82, 2.24) is 5.32 Å². The highest BCUT2D eigenvalue weighted by molar-refractivity contribution is 5.80. The molecule has 2 rings (SSSR count). The van der Waals surface area contributed by atoms with Gasteiger partial charge in [0.2, 0.25) is 0 Å². The average Bonchev–Trinajstić information content (AvgIpc) is 2.98. The van der Waals surface area contributed by atoms with Crippen LogP contribution in [0.25, 0.3) is 0 Å². The summed E-state index contributed by atoms with van der Waals surface area (Å²) in [5.41, 5.74) is -0.431. The van der Waals surface area contributed by atoms with E-state index in [1.807, 2.05) is 0 Å². The van der Waals surface area contributed by atoms with Crippen LogP contribution in [0.1, 0.15) is 38.8 Å². The molecule has 0 aliphatic carbocycles. The second-order valence-electron chi connectivity index (χ2n) is 6.98. The number of methoxy groups -OCH3 is 2. The Morgan fingerprint density at radius 3 is 2.44 bits per heavy atom. The van der Waals surface area contributed by atoms with Gasteiger partial charge in [0, 0.05) is 11.6 Å². The first kappa shape index (κ1) is 19.2. The van der Waals surface area contributed by atoms with E-state index in [0.717, 1.165) is 0 Å². The van der Waals surface area contributed by atoms with Crippen LogP contribution in [-0.2, 0) is 19.1 Å². The lowest BCUT2D eigenvalue weighted by atomic mass is 9.92. The first-order chi connectivity index (χ1) is 11.7. The predicted molar refractivity (Wildman–Crippen MR) is 88.6 cm³/mol. The summed E-state index contributed by atoms with van der Waals surface area (Å²) >= 11 is 0. The number of rotatable bonds is 4. The van der Waals surface area contributed by atoms with Crippen molar-refractivity contribution < 1.29 is 28.2 Å². The lowest BCUT2D eigenvalue weighted by Gasteiger charge is -2.25. The van der Waals surface area contributed by atoms with Crippen molar-refractivity contribution in [3.8, 4) is 5.75 Å². The summed E-state index contributed by atoms with van der Waals surface area (Å²) < 4.78 is 29.7. The van der Waals surface area contributed by atoms with Crippen molar-refractivity contribution in [3.05, 3.63) is 29.6 Å². The average molecular weight is 353 g/mol. The molecule has 1 fully saturated rings. The minimum Gasteiger partial charge on any atom is -0.497 e. The number of halogens is 1. The molecule has 0 bridgehead atoms. The van der Waals surface area contributed by atoms with Gasteiger partial charge in [0.15, 0.2) is 0 Å². The molecule has 0 amide bonds. The van der Waals surface area contributed by atoms with Gasteiger partial charge in [-0.1, -0.05) is 0 Å². The highest BCUT2D eigenvalue weighted by Gasteiger charge is 2.45. The maximum absolute atomic E-state index is 14.4. The third-order valence-corrected chi connectivity index (χ3v) is 4.01. The van der Waals surface area contributed by atoms with Crippen molar-refractivity contribution in [2.75, 3.05) is 14.2 Å². The van der Waals surface area contributed by atoms with Gasteiger partial charge >= 0.3 is 11.9 Å². The van der Waals surface area contributed by atoms with Crippen LogP contribution in [0.3, 0.4) is 0 Å². The molecule has 1 aliphatic rings. The van der Waals surface area contributed by atoms with Gasteiger partial charge in [0.25, 0.3) is 0 Å². The fourth-order valence-electron chi connectivity index (χ4n) is 2.90. The van der Waals surface area contributed by atoms with Gasteiger partial charge in [-0.2, -0.15) is 0 Å². The molecule has 0 unspecified atom stereocenters. The Kier molecular flexibility index (Phi) is 5.67. The van der Waals surface area contributed by atoms with E-state index in [0.29, 0.717) is 5.75 Å². The van der Waals surface area contributed by atoms with Gasteiger partial charge in [-0.05, 0) is 45.4 Å². The summed E-state index contributed by atoms with van der Waals surface area (Å²) in [7, 11) is 2.74. The van der Waals surface area contributed by atoms with E-state index in [4.69, 9.17) is 14.2 Å². The fourth-order valence-corrected chi connectivity index (χ4v) is 2.90. The molecule has 25 heavy (non-hydrogen) atoms. The monoisotopic (exact) mass is 353 g/mol. The van der Waals surface area contributed by atoms with Crippen LogP contribution >= 0.6 is 0 Å². The normalized spacial score (nSPS) is 23.2. The largest absolute Gasteiger partial charge is 0.497 e. The zero-order valence-electron chi connectivity index (χ0n) is 15.1. The summed E-state index contributed by atoms with van der Waals surface area (Å²) in [6.45, 7) is 5.27. The summed E-state index contributed by atoms with van der Waals surface area (Å²) in [5, 5.41) is 3.00. The number of esters is 2.